The molecule has 4 atom stereocenters. The number of hydrogen-bond donors (Lipinski definition) is 3. The molecule has 0 aromatic heterocycles. The van der Waals surface area contributed by atoms with Gasteiger partial charge in [-0.25, -0.2) is 4.79 Å². The Hall–Kier alpha value is -2.12. The van der Waals surface area contributed by atoms with E-state index in [9.17, 15) is 19.2 Å². The van der Waals surface area contributed by atoms with Gasteiger partial charge in [-0.2, -0.15) is 0 Å². The zero-order valence-electron chi connectivity index (χ0n) is 18.9. The van der Waals surface area contributed by atoms with Gasteiger partial charge in [0.15, 0.2) is 5.78 Å². The number of amides is 4. The van der Waals surface area contributed by atoms with Crippen LogP contribution in [-0.2, 0) is 14.4 Å². The zero-order chi connectivity index (χ0) is 22.4. The molecule has 1 heterocycles. The van der Waals surface area contributed by atoms with Gasteiger partial charge in [-0.15, -0.1) is 0 Å². The van der Waals surface area contributed by atoms with Gasteiger partial charge in [0.05, 0.1) is 6.04 Å². The fraction of sp³-hybridized carbons (Fsp3) is 0.810. The molecule has 1 fully saturated rings. The van der Waals surface area contributed by atoms with Gasteiger partial charge in [-0.3, -0.25) is 14.4 Å². The lowest BCUT2D eigenvalue weighted by Gasteiger charge is -2.35. The van der Waals surface area contributed by atoms with Gasteiger partial charge in [0.25, 0.3) is 0 Å². The molecule has 8 heteroatoms. The molecule has 0 aromatic carbocycles. The summed E-state index contributed by atoms with van der Waals surface area (Å²) in [6.07, 6.45) is 2.76. The normalized spacial score (nSPS) is 19.8. The van der Waals surface area contributed by atoms with Crippen LogP contribution in [0, 0.1) is 11.3 Å². The molecular weight excluding hydrogens is 372 g/mol. The van der Waals surface area contributed by atoms with Crippen molar-refractivity contribution in [3.63, 3.8) is 0 Å². The Morgan fingerprint density at radius 3 is 2.24 bits per heavy atom. The summed E-state index contributed by atoms with van der Waals surface area (Å²) in [6, 6.07) is -2.38. The maximum Gasteiger partial charge on any atom is 0.315 e. The number of carbonyl (C=O) groups is 4. The van der Waals surface area contributed by atoms with E-state index in [0.29, 0.717) is 31.7 Å². The highest BCUT2D eigenvalue weighted by atomic mass is 16.2. The third-order valence-corrected chi connectivity index (χ3v) is 5.60. The molecule has 4 amide bonds. The number of urea groups is 1. The zero-order valence-corrected chi connectivity index (χ0v) is 18.9. The lowest BCUT2D eigenvalue weighted by Crippen LogP contribution is -2.59. The number of likely N-dealkylation sites (tertiary alicyclic amines) is 1. The molecule has 0 radical (unpaired) electrons. The summed E-state index contributed by atoms with van der Waals surface area (Å²) in [4.78, 5) is 51.6. The lowest BCUT2D eigenvalue weighted by atomic mass is 9.85. The number of rotatable bonds is 8. The van der Waals surface area contributed by atoms with Crippen LogP contribution in [0.15, 0.2) is 0 Å². The van der Waals surface area contributed by atoms with Crippen molar-refractivity contribution < 1.29 is 19.2 Å². The second-order valence-electron chi connectivity index (χ2n) is 9.13. The predicted octanol–water partition coefficient (Wildman–Crippen LogP) is 1.83. The van der Waals surface area contributed by atoms with E-state index in [1.807, 2.05) is 34.6 Å². The van der Waals surface area contributed by atoms with Gasteiger partial charge in [0, 0.05) is 13.6 Å². The SMILES string of the molecule is CCC(C)CC(NC(=O)C1CCCN1C(=O)C(NC(=O)NC)C(C)(C)C)C(C)=O. The number of ketones is 1. The average Bonchev–Trinajstić information content (AvgIpc) is 3.13. The smallest absolute Gasteiger partial charge is 0.315 e. The van der Waals surface area contributed by atoms with E-state index in [4.69, 9.17) is 0 Å². The first kappa shape index (κ1) is 24.9. The summed E-state index contributed by atoms with van der Waals surface area (Å²) in [5, 5.41) is 8.04. The highest BCUT2D eigenvalue weighted by Crippen LogP contribution is 2.26. The summed E-state index contributed by atoms with van der Waals surface area (Å²) >= 11 is 0. The summed E-state index contributed by atoms with van der Waals surface area (Å²) in [5.74, 6) is -0.345. The molecule has 166 valence electrons. The Morgan fingerprint density at radius 1 is 1.14 bits per heavy atom. The molecule has 1 aliphatic heterocycles. The molecule has 1 aliphatic rings. The topological polar surface area (TPSA) is 108 Å². The van der Waals surface area contributed by atoms with Crippen molar-refractivity contribution in [2.75, 3.05) is 13.6 Å². The van der Waals surface area contributed by atoms with E-state index in [1.165, 1.54) is 14.0 Å². The largest absolute Gasteiger partial charge is 0.345 e. The van der Waals surface area contributed by atoms with E-state index < -0.39 is 29.6 Å². The third-order valence-electron chi connectivity index (χ3n) is 5.60. The Morgan fingerprint density at radius 2 is 1.76 bits per heavy atom. The van der Waals surface area contributed by atoms with Crippen LogP contribution in [-0.4, -0.2) is 60.2 Å². The second-order valence-corrected chi connectivity index (χ2v) is 9.13. The van der Waals surface area contributed by atoms with Crippen LogP contribution < -0.4 is 16.0 Å². The number of carbonyl (C=O) groups excluding carboxylic acids is 4. The molecule has 0 bridgehead atoms. The Balaban J connectivity index is 2.96. The van der Waals surface area contributed by atoms with Crippen LogP contribution in [0.4, 0.5) is 4.79 Å². The predicted molar refractivity (Wildman–Crippen MR) is 112 cm³/mol. The Labute approximate surface area is 174 Å². The summed E-state index contributed by atoms with van der Waals surface area (Å²) in [6.45, 7) is 11.6. The molecule has 0 spiro atoms. The first-order valence-corrected chi connectivity index (χ1v) is 10.5. The standard InChI is InChI=1S/C21H38N4O4/c1-8-13(2)12-15(14(3)26)23-18(27)16-10-9-11-25(16)19(28)17(21(4,5)6)24-20(29)22-7/h13,15-17H,8-12H2,1-7H3,(H,23,27)(H2,22,24,29). The van der Waals surface area contributed by atoms with Gasteiger partial charge in [-0.1, -0.05) is 41.0 Å². The number of Topliss-reactive ketones (excluding diaryl/α,β-unsaturated/α-hetero) is 1. The lowest BCUT2D eigenvalue weighted by molar-refractivity contribution is -0.142. The number of nitrogens with zero attached hydrogens (tertiary/aromatic N) is 1. The summed E-state index contributed by atoms with van der Waals surface area (Å²) < 4.78 is 0. The van der Waals surface area contributed by atoms with Crippen LogP contribution >= 0.6 is 0 Å². The van der Waals surface area contributed by atoms with Crippen LogP contribution in [0.25, 0.3) is 0 Å². The van der Waals surface area contributed by atoms with E-state index in [1.54, 1.807) is 4.90 Å². The minimum absolute atomic E-state index is 0.0802. The highest BCUT2D eigenvalue weighted by molar-refractivity contribution is 5.94. The van der Waals surface area contributed by atoms with Crippen molar-refractivity contribution in [2.45, 2.75) is 85.4 Å². The molecule has 1 rings (SSSR count). The van der Waals surface area contributed by atoms with Crippen LogP contribution in [0.3, 0.4) is 0 Å². The number of nitrogens with one attached hydrogen (secondary N) is 3. The quantitative estimate of drug-likeness (QED) is 0.567. The maximum atomic E-state index is 13.2. The van der Waals surface area contributed by atoms with Gasteiger partial charge in [-0.05, 0) is 37.5 Å². The highest BCUT2D eigenvalue weighted by Gasteiger charge is 2.42. The fourth-order valence-corrected chi connectivity index (χ4v) is 3.48. The molecule has 8 nitrogen and oxygen atoms in total. The Kier molecular flexibility index (Phi) is 9.11. The first-order valence-electron chi connectivity index (χ1n) is 10.5. The molecule has 1 saturated heterocycles. The average molecular weight is 411 g/mol. The van der Waals surface area contributed by atoms with Crippen molar-refractivity contribution >= 4 is 23.6 Å². The van der Waals surface area contributed by atoms with Gasteiger partial charge in [0.1, 0.15) is 12.1 Å². The van der Waals surface area contributed by atoms with E-state index in [-0.39, 0.29) is 17.6 Å². The minimum atomic E-state index is -0.764. The van der Waals surface area contributed by atoms with Gasteiger partial charge < -0.3 is 20.9 Å². The molecule has 0 saturated carbocycles. The van der Waals surface area contributed by atoms with Gasteiger partial charge >= 0.3 is 6.03 Å². The first-order chi connectivity index (χ1) is 13.4. The molecule has 0 aromatic rings. The van der Waals surface area contributed by atoms with Crippen LogP contribution in [0.1, 0.15) is 67.2 Å². The van der Waals surface area contributed by atoms with Crippen molar-refractivity contribution in [1.29, 1.82) is 0 Å². The fourth-order valence-electron chi connectivity index (χ4n) is 3.48. The molecule has 3 N–H and O–H groups in total. The van der Waals surface area contributed by atoms with Crippen molar-refractivity contribution in [3.8, 4) is 0 Å². The summed E-state index contributed by atoms with van der Waals surface area (Å²) in [7, 11) is 1.49. The molecule has 0 aliphatic carbocycles. The van der Waals surface area contributed by atoms with Gasteiger partial charge in [0.2, 0.25) is 11.8 Å². The maximum absolute atomic E-state index is 13.2. The van der Waals surface area contributed by atoms with Crippen LogP contribution in [0.5, 0.6) is 0 Å². The van der Waals surface area contributed by atoms with E-state index in [2.05, 4.69) is 16.0 Å². The second kappa shape index (κ2) is 10.6. The molecule has 29 heavy (non-hydrogen) atoms. The monoisotopic (exact) mass is 410 g/mol. The number of hydrogen-bond acceptors (Lipinski definition) is 4. The van der Waals surface area contributed by atoms with E-state index in [0.717, 1.165) is 6.42 Å². The van der Waals surface area contributed by atoms with Crippen molar-refractivity contribution in [2.24, 2.45) is 11.3 Å². The summed E-state index contributed by atoms with van der Waals surface area (Å²) in [5.41, 5.74) is -0.522. The van der Waals surface area contributed by atoms with Crippen molar-refractivity contribution in [3.05, 3.63) is 0 Å². The minimum Gasteiger partial charge on any atom is -0.345 e. The third kappa shape index (κ3) is 7.01. The van der Waals surface area contributed by atoms with Crippen molar-refractivity contribution in [1.82, 2.24) is 20.9 Å². The van der Waals surface area contributed by atoms with Crippen LogP contribution in [0.2, 0.25) is 0 Å². The van der Waals surface area contributed by atoms with E-state index >= 15 is 0 Å². The molecule has 4 unspecified atom stereocenters. The Bertz CT molecular complexity index is 614. The molecular formula is C21H38N4O4.